The van der Waals surface area contributed by atoms with E-state index >= 15 is 0 Å². The van der Waals surface area contributed by atoms with Crippen molar-refractivity contribution in [2.24, 2.45) is 7.05 Å². The van der Waals surface area contributed by atoms with Gasteiger partial charge in [0.05, 0.1) is 11.9 Å². The van der Waals surface area contributed by atoms with E-state index in [0.717, 1.165) is 37.4 Å². The Labute approximate surface area is 225 Å². The van der Waals surface area contributed by atoms with Gasteiger partial charge >= 0.3 is 0 Å². The zero-order valence-corrected chi connectivity index (χ0v) is 22.7. The van der Waals surface area contributed by atoms with Gasteiger partial charge in [-0.3, -0.25) is 14.6 Å². The highest BCUT2D eigenvalue weighted by molar-refractivity contribution is 5.88. The summed E-state index contributed by atoms with van der Waals surface area (Å²) >= 11 is 0. The molecule has 0 radical (unpaired) electrons. The van der Waals surface area contributed by atoms with Crippen LogP contribution in [0, 0.1) is 0 Å². The van der Waals surface area contributed by atoms with Crippen LogP contribution in [-0.2, 0) is 20.1 Å². The Kier molecular flexibility index (Phi) is 7.38. The summed E-state index contributed by atoms with van der Waals surface area (Å²) in [7, 11) is 4.27. The highest BCUT2D eigenvalue weighted by atomic mass is 15.3. The van der Waals surface area contributed by atoms with Crippen molar-refractivity contribution in [2.75, 3.05) is 38.5 Å². The molecule has 0 atom stereocenters. The third kappa shape index (κ3) is 5.59. The number of aromatic nitrogens is 4. The average Bonchev–Trinajstić information content (AvgIpc) is 3.32. The van der Waals surface area contributed by atoms with Gasteiger partial charge in [0, 0.05) is 55.1 Å². The van der Waals surface area contributed by atoms with Gasteiger partial charge in [0.1, 0.15) is 5.82 Å². The third-order valence-corrected chi connectivity index (χ3v) is 8.37. The molecule has 2 fully saturated rings. The van der Waals surface area contributed by atoms with Gasteiger partial charge in [-0.2, -0.15) is 5.10 Å². The molecule has 0 unspecified atom stereocenters. The van der Waals surface area contributed by atoms with Crippen LogP contribution in [0.15, 0.2) is 55.0 Å². The highest BCUT2D eigenvalue weighted by Crippen LogP contribution is 2.30. The zero-order chi connectivity index (χ0) is 25.9. The standard InChI is InChI=1S/C31H39N7/c1-36-14-9-24(10-15-36)29-16-23(8-11-32-29)19-33-31-18-27-17-25(6-7-26(27)20-34-31)28-21-35-37(2)30(28)22-38-12-4-3-5-13-38/h6-8,11,16-18,20-21,24H,3-5,9-10,12-15,19,22H2,1-2H3,(H,33,34). The average molecular weight is 510 g/mol. The van der Waals surface area contributed by atoms with E-state index in [2.05, 4.69) is 75.7 Å². The maximum atomic E-state index is 4.70. The molecule has 2 aliphatic rings. The summed E-state index contributed by atoms with van der Waals surface area (Å²) < 4.78 is 2.04. The SMILES string of the molecule is CN1CCC(c2cc(CNc3cc4cc(-c5cnn(C)c5CN5CCCCC5)ccc4cn3)ccn2)CC1. The van der Waals surface area contributed by atoms with E-state index in [1.165, 1.54) is 78.7 Å². The molecule has 4 aromatic rings. The molecule has 2 saturated heterocycles. The van der Waals surface area contributed by atoms with Crippen molar-refractivity contribution in [3.63, 3.8) is 0 Å². The number of nitrogens with zero attached hydrogens (tertiary/aromatic N) is 6. The topological polar surface area (TPSA) is 62.1 Å². The van der Waals surface area contributed by atoms with Gasteiger partial charge in [-0.05, 0) is 99.7 Å². The Bertz CT molecular complexity index is 1380. The fraction of sp³-hybridized carbons (Fsp3) is 0.452. The van der Waals surface area contributed by atoms with Crippen LogP contribution in [0.3, 0.4) is 0 Å². The fourth-order valence-electron chi connectivity index (χ4n) is 5.95. The zero-order valence-electron chi connectivity index (χ0n) is 22.7. The number of likely N-dealkylation sites (tertiary alicyclic amines) is 2. The van der Waals surface area contributed by atoms with Crippen molar-refractivity contribution < 1.29 is 0 Å². The largest absolute Gasteiger partial charge is 0.366 e. The summed E-state index contributed by atoms with van der Waals surface area (Å²) in [6, 6.07) is 13.2. The van der Waals surface area contributed by atoms with E-state index < -0.39 is 0 Å². The quantitative estimate of drug-likeness (QED) is 0.358. The second-order valence-corrected chi connectivity index (χ2v) is 11.1. The van der Waals surface area contributed by atoms with E-state index in [4.69, 9.17) is 4.98 Å². The van der Waals surface area contributed by atoms with Gasteiger partial charge in [-0.1, -0.05) is 18.6 Å². The molecule has 5 heterocycles. The number of piperidine rings is 2. The first-order chi connectivity index (χ1) is 18.6. The molecule has 0 bridgehead atoms. The predicted molar refractivity (Wildman–Crippen MR) is 154 cm³/mol. The van der Waals surface area contributed by atoms with Crippen molar-refractivity contribution in [1.82, 2.24) is 29.5 Å². The number of nitrogens with one attached hydrogen (secondary N) is 1. The molecule has 198 valence electrons. The molecule has 3 aromatic heterocycles. The molecule has 2 aliphatic heterocycles. The third-order valence-electron chi connectivity index (χ3n) is 8.37. The van der Waals surface area contributed by atoms with Crippen LogP contribution in [0.2, 0.25) is 0 Å². The van der Waals surface area contributed by atoms with Crippen LogP contribution in [-0.4, -0.2) is 62.8 Å². The number of fused-ring (bicyclic) bond motifs is 1. The predicted octanol–water partition coefficient (Wildman–Crippen LogP) is 5.44. The lowest BCUT2D eigenvalue weighted by atomic mass is 9.92. The van der Waals surface area contributed by atoms with Crippen LogP contribution < -0.4 is 5.32 Å². The van der Waals surface area contributed by atoms with E-state index in [0.29, 0.717) is 5.92 Å². The summed E-state index contributed by atoms with van der Waals surface area (Å²) in [5.41, 5.74) is 6.21. The minimum atomic E-state index is 0.565. The van der Waals surface area contributed by atoms with Crippen LogP contribution in [0.5, 0.6) is 0 Å². The van der Waals surface area contributed by atoms with Crippen LogP contribution in [0.1, 0.15) is 55.0 Å². The Morgan fingerprint density at radius 3 is 2.55 bits per heavy atom. The van der Waals surface area contributed by atoms with Crippen LogP contribution >= 0.6 is 0 Å². The molecular weight excluding hydrogens is 470 g/mol. The lowest BCUT2D eigenvalue weighted by Crippen LogP contribution is -2.30. The van der Waals surface area contributed by atoms with Crippen molar-refractivity contribution >= 4 is 16.6 Å². The van der Waals surface area contributed by atoms with Crippen molar-refractivity contribution in [3.8, 4) is 11.1 Å². The van der Waals surface area contributed by atoms with Gasteiger partial charge in [-0.25, -0.2) is 4.98 Å². The molecule has 7 nitrogen and oxygen atoms in total. The Morgan fingerprint density at radius 2 is 1.71 bits per heavy atom. The maximum Gasteiger partial charge on any atom is 0.126 e. The molecular formula is C31H39N7. The number of benzene rings is 1. The van der Waals surface area contributed by atoms with Gasteiger partial charge in [0.25, 0.3) is 0 Å². The molecule has 0 amide bonds. The molecule has 1 aromatic carbocycles. The lowest BCUT2D eigenvalue weighted by molar-refractivity contribution is 0.216. The minimum absolute atomic E-state index is 0.565. The van der Waals surface area contributed by atoms with E-state index in [9.17, 15) is 0 Å². The summed E-state index contributed by atoms with van der Waals surface area (Å²) in [5.74, 6) is 1.46. The summed E-state index contributed by atoms with van der Waals surface area (Å²) in [6.07, 6.45) is 12.3. The minimum Gasteiger partial charge on any atom is -0.366 e. The number of rotatable bonds is 7. The molecule has 0 aliphatic carbocycles. The number of hydrogen-bond acceptors (Lipinski definition) is 6. The molecule has 0 saturated carbocycles. The summed E-state index contributed by atoms with van der Waals surface area (Å²) in [5, 5.41) is 10.5. The second-order valence-electron chi connectivity index (χ2n) is 11.1. The summed E-state index contributed by atoms with van der Waals surface area (Å²) in [6.45, 7) is 6.36. The van der Waals surface area contributed by atoms with Crippen molar-refractivity contribution in [1.29, 1.82) is 0 Å². The van der Waals surface area contributed by atoms with Crippen LogP contribution in [0.4, 0.5) is 5.82 Å². The normalized spacial score (nSPS) is 17.7. The second kappa shape index (κ2) is 11.2. The van der Waals surface area contributed by atoms with Crippen LogP contribution in [0.25, 0.3) is 21.9 Å². The molecule has 1 N–H and O–H groups in total. The van der Waals surface area contributed by atoms with Gasteiger partial charge < -0.3 is 10.2 Å². The Hall–Kier alpha value is -3.29. The lowest BCUT2D eigenvalue weighted by Gasteiger charge is -2.28. The van der Waals surface area contributed by atoms with E-state index in [1.807, 2.05) is 23.3 Å². The number of aryl methyl sites for hydroxylation is 1. The smallest absolute Gasteiger partial charge is 0.126 e. The summed E-state index contributed by atoms with van der Waals surface area (Å²) in [4.78, 5) is 14.4. The number of pyridine rings is 2. The Balaban J connectivity index is 1.18. The van der Waals surface area contributed by atoms with Crippen molar-refractivity contribution in [3.05, 3.63) is 71.9 Å². The monoisotopic (exact) mass is 509 g/mol. The molecule has 7 heteroatoms. The van der Waals surface area contributed by atoms with Gasteiger partial charge in [0.15, 0.2) is 0 Å². The fourth-order valence-corrected chi connectivity index (χ4v) is 5.95. The van der Waals surface area contributed by atoms with Gasteiger partial charge in [-0.15, -0.1) is 0 Å². The first-order valence-electron chi connectivity index (χ1n) is 14.1. The van der Waals surface area contributed by atoms with Gasteiger partial charge in [0.2, 0.25) is 0 Å². The van der Waals surface area contributed by atoms with E-state index in [-0.39, 0.29) is 0 Å². The first kappa shape index (κ1) is 25.0. The van der Waals surface area contributed by atoms with E-state index in [1.54, 1.807) is 0 Å². The first-order valence-corrected chi connectivity index (χ1v) is 14.1. The van der Waals surface area contributed by atoms with Crippen molar-refractivity contribution in [2.45, 2.75) is 51.1 Å². The highest BCUT2D eigenvalue weighted by Gasteiger charge is 2.20. The molecule has 6 rings (SSSR count). The number of anilines is 1. The molecule has 38 heavy (non-hydrogen) atoms. The number of hydrogen-bond donors (Lipinski definition) is 1. The maximum absolute atomic E-state index is 4.70. The Morgan fingerprint density at radius 1 is 0.868 bits per heavy atom. The molecule has 0 spiro atoms.